The van der Waals surface area contributed by atoms with Gasteiger partial charge in [0.1, 0.15) is 5.92 Å². The van der Waals surface area contributed by atoms with Crippen molar-refractivity contribution in [2.24, 2.45) is 5.92 Å². The van der Waals surface area contributed by atoms with Crippen molar-refractivity contribution in [1.82, 2.24) is 0 Å². The van der Waals surface area contributed by atoms with Crippen molar-refractivity contribution in [2.75, 3.05) is 19.8 Å². The van der Waals surface area contributed by atoms with Gasteiger partial charge in [0.15, 0.2) is 19.8 Å². The van der Waals surface area contributed by atoms with Crippen LogP contribution in [0.15, 0.2) is 0 Å². The van der Waals surface area contributed by atoms with E-state index in [1.54, 1.807) is 0 Å². The first kappa shape index (κ1) is 20.6. The molecule has 8 heteroatoms. The third-order valence-corrected chi connectivity index (χ3v) is 2.40. The Hall–Kier alpha value is -3.44. The fraction of sp³-hybridized carbons (Fsp3) is 0.375. The van der Waals surface area contributed by atoms with E-state index in [1.807, 2.05) is 11.8 Å². The number of ether oxygens (including phenoxy) is 4. The molecule has 0 rings (SSSR count). The Morgan fingerprint density at radius 3 is 1.88 bits per heavy atom. The van der Waals surface area contributed by atoms with Crippen LogP contribution < -0.4 is 0 Å². The summed E-state index contributed by atoms with van der Waals surface area (Å²) in [4.78, 5) is 46.1. The summed E-state index contributed by atoms with van der Waals surface area (Å²) in [6.45, 7) is -1.27. The van der Waals surface area contributed by atoms with Crippen molar-refractivity contribution in [1.29, 1.82) is 0 Å². The molecule has 0 saturated heterocycles. The van der Waals surface area contributed by atoms with Crippen molar-refractivity contribution in [3.8, 4) is 37.0 Å². The van der Waals surface area contributed by atoms with Crippen LogP contribution >= 0.6 is 0 Å². The smallest absolute Gasteiger partial charge is 0.349 e. The first-order valence-corrected chi connectivity index (χ1v) is 6.40. The Bertz CT molecular complexity index is 587. The van der Waals surface area contributed by atoms with Crippen LogP contribution in [-0.4, -0.2) is 50.3 Å². The van der Waals surface area contributed by atoms with Crippen LogP contribution in [-0.2, 0) is 38.1 Å². The van der Waals surface area contributed by atoms with Gasteiger partial charge in [0.2, 0.25) is 6.10 Å². The molecule has 0 aliphatic rings. The van der Waals surface area contributed by atoms with E-state index in [4.69, 9.17) is 19.3 Å². The Labute approximate surface area is 138 Å². The highest BCUT2D eigenvalue weighted by atomic mass is 16.6. The van der Waals surface area contributed by atoms with Crippen LogP contribution in [0.25, 0.3) is 0 Å². The third kappa shape index (κ3) is 7.53. The summed E-state index contributed by atoms with van der Waals surface area (Å²) in [5.74, 6) is 1.46. The van der Waals surface area contributed by atoms with Gasteiger partial charge in [-0.15, -0.1) is 19.3 Å². The highest BCUT2D eigenvalue weighted by molar-refractivity contribution is 5.88. The first-order valence-electron chi connectivity index (χ1n) is 6.40. The van der Waals surface area contributed by atoms with Crippen LogP contribution in [0, 0.1) is 42.9 Å². The number of carbonyl (C=O) groups excluding carboxylic acids is 4. The Kier molecular flexibility index (Phi) is 10.4. The molecular formula is C16H14O8. The molecule has 0 radical (unpaired) electrons. The van der Waals surface area contributed by atoms with Crippen LogP contribution in [0.5, 0.6) is 0 Å². The first-order chi connectivity index (χ1) is 11.5. The van der Waals surface area contributed by atoms with E-state index < -0.39 is 49.6 Å². The molecule has 8 nitrogen and oxygen atoms in total. The standard InChI is InChI=1S/C16H14O8/c1-4-7-21-13(18)10-12(15(19)22-8-5-2)14(24-11-17)16(20)23-9-6-3/h1-3,11-12,14H,7-10H2. The average Bonchev–Trinajstić information content (AvgIpc) is 2.58. The SMILES string of the molecule is C#CCOC(=O)CC(C(=O)OCC#C)C(OC=O)C(=O)OCC#C. The average molecular weight is 334 g/mol. The molecule has 0 fully saturated rings. The summed E-state index contributed by atoms with van der Waals surface area (Å²) in [6, 6.07) is 0. The summed E-state index contributed by atoms with van der Waals surface area (Å²) >= 11 is 0. The second-order valence-electron chi connectivity index (χ2n) is 3.95. The van der Waals surface area contributed by atoms with Gasteiger partial charge in [0, 0.05) is 0 Å². The lowest BCUT2D eigenvalue weighted by atomic mass is 9.98. The highest BCUT2D eigenvalue weighted by Crippen LogP contribution is 2.17. The van der Waals surface area contributed by atoms with Gasteiger partial charge in [-0.2, -0.15) is 0 Å². The van der Waals surface area contributed by atoms with Crippen LogP contribution in [0.1, 0.15) is 6.42 Å². The quantitative estimate of drug-likeness (QED) is 0.218. The van der Waals surface area contributed by atoms with Gasteiger partial charge in [-0.3, -0.25) is 14.4 Å². The molecule has 0 amide bonds. The number of hydrogen-bond donors (Lipinski definition) is 0. The van der Waals surface area contributed by atoms with Crippen LogP contribution in [0.4, 0.5) is 0 Å². The van der Waals surface area contributed by atoms with Gasteiger partial charge in [0.25, 0.3) is 6.47 Å². The van der Waals surface area contributed by atoms with Gasteiger partial charge >= 0.3 is 17.9 Å². The Morgan fingerprint density at radius 1 is 0.875 bits per heavy atom. The van der Waals surface area contributed by atoms with Gasteiger partial charge in [0.05, 0.1) is 6.42 Å². The number of carbonyl (C=O) groups is 4. The molecule has 0 aromatic carbocycles. The van der Waals surface area contributed by atoms with Gasteiger partial charge < -0.3 is 18.9 Å². The second kappa shape index (κ2) is 12.1. The van der Waals surface area contributed by atoms with E-state index in [1.165, 1.54) is 0 Å². The topological polar surface area (TPSA) is 105 Å². The number of rotatable bonds is 10. The van der Waals surface area contributed by atoms with Crippen molar-refractivity contribution < 1.29 is 38.1 Å². The van der Waals surface area contributed by atoms with Crippen LogP contribution in [0.3, 0.4) is 0 Å². The molecule has 0 saturated carbocycles. The molecule has 2 atom stereocenters. The molecule has 0 aliphatic heterocycles. The van der Waals surface area contributed by atoms with Crippen molar-refractivity contribution in [3.63, 3.8) is 0 Å². The predicted octanol–water partition coefficient (Wildman–Crippen LogP) is -0.936. The van der Waals surface area contributed by atoms with E-state index in [-0.39, 0.29) is 13.1 Å². The lowest BCUT2D eigenvalue weighted by molar-refractivity contribution is -0.174. The zero-order chi connectivity index (χ0) is 18.4. The summed E-state index contributed by atoms with van der Waals surface area (Å²) in [5, 5.41) is 0. The second-order valence-corrected chi connectivity index (χ2v) is 3.95. The summed E-state index contributed by atoms with van der Waals surface area (Å²) in [5.41, 5.74) is 0. The van der Waals surface area contributed by atoms with Gasteiger partial charge in [-0.05, 0) is 0 Å². The molecule has 0 spiro atoms. The number of hydrogen-bond acceptors (Lipinski definition) is 8. The minimum Gasteiger partial charge on any atom is -0.452 e. The molecule has 0 aromatic heterocycles. The zero-order valence-electron chi connectivity index (χ0n) is 12.6. The molecule has 2 unspecified atom stereocenters. The normalized spacial score (nSPS) is 11.4. The third-order valence-electron chi connectivity index (χ3n) is 2.40. The summed E-state index contributed by atoms with van der Waals surface area (Å²) in [7, 11) is 0. The maximum absolute atomic E-state index is 12.0. The number of terminal acetylenes is 3. The van der Waals surface area contributed by atoms with E-state index in [0.717, 1.165) is 0 Å². The van der Waals surface area contributed by atoms with Crippen molar-refractivity contribution >= 4 is 24.4 Å². The van der Waals surface area contributed by atoms with E-state index in [0.29, 0.717) is 0 Å². The van der Waals surface area contributed by atoms with Gasteiger partial charge in [-0.25, -0.2) is 4.79 Å². The predicted molar refractivity (Wildman–Crippen MR) is 78.4 cm³/mol. The molecular weight excluding hydrogens is 320 g/mol. The molecule has 24 heavy (non-hydrogen) atoms. The largest absolute Gasteiger partial charge is 0.452 e. The van der Waals surface area contributed by atoms with Crippen LogP contribution in [0.2, 0.25) is 0 Å². The highest BCUT2D eigenvalue weighted by Gasteiger charge is 2.40. The minimum absolute atomic E-state index is 0.0873. The molecule has 126 valence electrons. The molecule has 0 heterocycles. The van der Waals surface area contributed by atoms with Crippen molar-refractivity contribution in [3.05, 3.63) is 0 Å². The molecule has 0 bridgehead atoms. The van der Waals surface area contributed by atoms with E-state index >= 15 is 0 Å². The maximum Gasteiger partial charge on any atom is 0.349 e. The molecule has 0 aromatic rings. The summed E-state index contributed by atoms with van der Waals surface area (Å²) < 4.78 is 18.4. The lowest BCUT2D eigenvalue weighted by Crippen LogP contribution is -2.40. The molecule has 0 N–H and O–H groups in total. The zero-order valence-corrected chi connectivity index (χ0v) is 12.6. The van der Waals surface area contributed by atoms with Crippen molar-refractivity contribution in [2.45, 2.75) is 12.5 Å². The fourth-order valence-corrected chi connectivity index (χ4v) is 1.46. The maximum atomic E-state index is 12.0. The molecule has 0 aliphatic carbocycles. The van der Waals surface area contributed by atoms with Gasteiger partial charge in [-0.1, -0.05) is 17.8 Å². The van der Waals surface area contributed by atoms with E-state index in [9.17, 15) is 19.2 Å². The summed E-state index contributed by atoms with van der Waals surface area (Å²) in [6.07, 6.45) is 12.4. The lowest BCUT2D eigenvalue weighted by Gasteiger charge is -2.21. The Morgan fingerprint density at radius 2 is 1.38 bits per heavy atom. The minimum atomic E-state index is -1.76. The monoisotopic (exact) mass is 334 g/mol. The fourth-order valence-electron chi connectivity index (χ4n) is 1.46. The number of esters is 3. The Balaban J connectivity index is 5.30. The van der Waals surface area contributed by atoms with E-state index in [2.05, 4.69) is 24.9 Å².